The van der Waals surface area contributed by atoms with Gasteiger partial charge in [-0.25, -0.2) is 0 Å². The third kappa shape index (κ3) is 3.26. The van der Waals surface area contributed by atoms with Crippen molar-refractivity contribution < 1.29 is 14.3 Å². The zero-order valence-corrected chi connectivity index (χ0v) is 17.4. The molecule has 2 heterocycles. The summed E-state index contributed by atoms with van der Waals surface area (Å²) in [6.45, 7) is 3.03. The number of para-hydroxylation sites is 2. The molecular weight excluding hydrogens is 388 g/mol. The number of hydrogen-bond acceptors (Lipinski definition) is 3. The van der Waals surface area contributed by atoms with Crippen molar-refractivity contribution in [2.24, 2.45) is 0 Å². The maximum absolute atomic E-state index is 13.8. The van der Waals surface area contributed by atoms with Gasteiger partial charge in [-0.15, -0.1) is 0 Å². The highest BCUT2D eigenvalue weighted by Gasteiger charge is 2.46. The van der Waals surface area contributed by atoms with Gasteiger partial charge in [0.2, 0.25) is 5.91 Å². The summed E-state index contributed by atoms with van der Waals surface area (Å²) in [6, 6.07) is 22.7. The van der Waals surface area contributed by atoms with Crippen LogP contribution in [0.15, 0.2) is 72.8 Å². The third-order valence-electron chi connectivity index (χ3n) is 6.16. The first-order valence-electron chi connectivity index (χ1n) is 10.7. The van der Waals surface area contributed by atoms with E-state index in [1.807, 2.05) is 78.6 Å². The Bertz CT molecular complexity index is 1160. The van der Waals surface area contributed by atoms with Gasteiger partial charge in [-0.05, 0) is 48.2 Å². The molecule has 0 aliphatic carbocycles. The van der Waals surface area contributed by atoms with E-state index >= 15 is 0 Å². The molecule has 0 spiro atoms. The first-order valence-corrected chi connectivity index (χ1v) is 10.7. The Kier molecular flexibility index (Phi) is 4.94. The number of carbonyl (C=O) groups is 2. The van der Waals surface area contributed by atoms with Crippen molar-refractivity contribution >= 4 is 17.5 Å². The highest BCUT2D eigenvalue weighted by atomic mass is 16.5. The topological polar surface area (TPSA) is 58.6 Å². The van der Waals surface area contributed by atoms with Crippen LogP contribution in [0, 0.1) is 0 Å². The van der Waals surface area contributed by atoms with Gasteiger partial charge < -0.3 is 15.0 Å². The van der Waals surface area contributed by atoms with E-state index in [0.29, 0.717) is 30.2 Å². The third-order valence-corrected chi connectivity index (χ3v) is 6.16. The van der Waals surface area contributed by atoms with E-state index in [2.05, 4.69) is 11.4 Å². The Morgan fingerprint density at radius 1 is 1.00 bits per heavy atom. The number of rotatable bonds is 4. The van der Waals surface area contributed by atoms with Gasteiger partial charge in [0.15, 0.2) is 0 Å². The van der Waals surface area contributed by atoms with Crippen LogP contribution in [0.4, 0.5) is 5.69 Å². The summed E-state index contributed by atoms with van der Waals surface area (Å²) < 4.78 is 5.70. The second-order valence-corrected chi connectivity index (χ2v) is 7.88. The average molecular weight is 412 g/mol. The van der Waals surface area contributed by atoms with Crippen molar-refractivity contribution in [2.75, 3.05) is 18.5 Å². The number of carbonyl (C=O) groups excluding carboxylic acids is 2. The molecule has 2 atom stereocenters. The summed E-state index contributed by atoms with van der Waals surface area (Å²) in [6.07, 6.45) is 0.794. The summed E-state index contributed by atoms with van der Waals surface area (Å²) in [7, 11) is 0. The number of ether oxygens (including phenoxy) is 1. The Hall–Kier alpha value is -3.60. The molecule has 3 aromatic rings. The molecule has 1 N–H and O–H groups in total. The largest absolute Gasteiger partial charge is 0.492 e. The van der Waals surface area contributed by atoms with Crippen molar-refractivity contribution in [3.63, 3.8) is 0 Å². The average Bonchev–Trinajstić information content (AvgIpc) is 2.80. The summed E-state index contributed by atoms with van der Waals surface area (Å²) in [5.74, 6) is -0.0165. The molecule has 2 amide bonds. The molecule has 0 fully saturated rings. The summed E-state index contributed by atoms with van der Waals surface area (Å²) in [5, 5.41) is 3.08. The van der Waals surface area contributed by atoms with Gasteiger partial charge >= 0.3 is 0 Å². The molecule has 0 bridgehead atoms. The quantitative estimate of drug-likeness (QED) is 0.683. The Morgan fingerprint density at radius 2 is 1.71 bits per heavy atom. The molecule has 0 unspecified atom stereocenters. The van der Waals surface area contributed by atoms with Crippen molar-refractivity contribution in [1.29, 1.82) is 0 Å². The minimum Gasteiger partial charge on any atom is -0.492 e. The first kappa shape index (κ1) is 19.4. The standard InChI is InChI=1S/C26H24N2O3/c1-2-31-22-14-8-7-13-21(22)27-25(29)23-19-11-5-6-12-20(19)26(30)28-16-15-17-9-3-4-10-18(17)24(23)28/h3-14,23-24H,2,15-16H2,1H3,(H,27,29)/t23-,24+/m0/s1. The molecule has 3 aromatic carbocycles. The van der Waals surface area contributed by atoms with Gasteiger partial charge in [0, 0.05) is 12.1 Å². The van der Waals surface area contributed by atoms with Gasteiger partial charge in [-0.3, -0.25) is 9.59 Å². The highest BCUT2D eigenvalue weighted by Crippen LogP contribution is 2.46. The summed E-state index contributed by atoms with van der Waals surface area (Å²) in [4.78, 5) is 28.9. The molecule has 2 aliphatic rings. The van der Waals surface area contributed by atoms with Crippen LogP contribution >= 0.6 is 0 Å². The van der Waals surface area contributed by atoms with Crippen LogP contribution in [-0.2, 0) is 11.2 Å². The van der Waals surface area contributed by atoms with Gasteiger partial charge in [0.05, 0.1) is 24.3 Å². The summed E-state index contributed by atoms with van der Waals surface area (Å²) in [5.41, 5.74) is 4.27. The van der Waals surface area contributed by atoms with Crippen LogP contribution in [0.5, 0.6) is 5.75 Å². The minimum atomic E-state index is -0.509. The Balaban J connectivity index is 1.61. The molecule has 0 radical (unpaired) electrons. The van der Waals surface area contributed by atoms with Crippen LogP contribution in [0.1, 0.15) is 45.9 Å². The van der Waals surface area contributed by atoms with Gasteiger partial charge in [-0.1, -0.05) is 54.6 Å². The van der Waals surface area contributed by atoms with Crippen LogP contribution < -0.4 is 10.1 Å². The number of nitrogens with one attached hydrogen (secondary N) is 1. The molecule has 0 aromatic heterocycles. The van der Waals surface area contributed by atoms with E-state index in [0.717, 1.165) is 17.5 Å². The molecular formula is C26H24N2O3. The monoisotopic (exact) mass is 412 g/mol. The van der Waals surface area contributed by atoms with Gasteiger partial charge in [-0.2, -0.15) is 0 Å². The molecule has 0 saturated heterocycles. The zero-order chi connectivity index (χ0) is 21.4. The fourth-order valence-electron chi connectivity index (χ4n) is 4.82. The molecule has 5 heteroatoms. The van der Waals surface area contributed by atoms with Crippen LogP contribution in [0.3, 0.4) is 0 Å². The number of hydrogen-bond donors (Lipinski definition) is 1. The fourth-order valence-corrected chi connectivity index (χ4v) is 4.82. The predicted molar refractivity (Wildman–Crippen MR) is 119 cm³/mol. The molecule has 5 rings (SSSR count). The van der Waals surface area contributed by atoms with Crippen LogP contribution in [0.25, 0.3) is 0 Å². The van der Waals surface area contributed by atoms with Crippen molar-refractivity contribution in [2.45, 2.75) is 25.3 Å². The van der Waals surface area contributed by atoms with E-state index in [9.17, 15) is 9.59 Å². The van der Waals surface area contributed by atoms with E-state index in [4.69, 9.17) is 4.74 Å². The molecule has 156 valence electrons. The molecule has 5 nitrogen and oxygen atoms in total. The van der Waals surface area contributed by atoms with E-state index in [1.54, 1.807) is 0 Å². The lowest BCUT2D eigenvalue weighted by Gasteiger charge is -2.45. The minimum absolute atomic E-state index is 0.00568. The van der Waals surface area contributed by atoms with E-state index in [-0.39, 0.29) is 17.9 Å². The van der Waals surface area contributed by atoms with E-state index < -0.39 is 5.92 Å². The second-order valence-electron chi connectivity index (χ2n) is 7.88. The van der Waals surface area contributed by atoms with Crippen molar-refractivity contribution in [1.82, 2.24) is 4.90 Å². The maximum Gasteiger partial charge on any atom is 0.254 e. The zero-order valence-electron chi connectivity index (χ0n) is 17.4. The number of nitrogens with zero attached hydrogens (tertiary/aromatic N) is 1. The molecule has 0 saturated carbocycles. The second kappa shape index (κ2) is 7.91. The number of amides is 2. The fraction of sp³-hybridized carbons (Fsp3) is 0.231. The smallest absolute Gasteiger partial charge is 0.254 e. The molecule has 2 aliphatic heterocycles. The van der Waals surface area contributed by atoms with Crippen LogP contribution in [0.2, 0.25) is 0 Å². The lowest BCUT2D eigenvalue weighted by Crippen LogP contribution is -2.49. The van der Waals surface area contributed by atoms with Crippen LogP contribution in [-0.4, -0.2) is 29.9 Å². The normalized spacial score (nSPS) is 19.1. The molecule has 31 heavy (non-hydrogen) atoms. The highest BCUT2D eigenvalue weighted by molar-refractivity contribution is 6.05. The van der Waals surface area contributed by atoms with Crippen molar-refractivity contribution in [3.05, 3.63) is 95.1 Å². The Labute approximate surface area is 181 Å². The van der Waals surface area contributed by atoms with E-state index in [1.165, 1.54) is 5.56 Å². The predicted octanol–water partition coefficient (Wildman–Crippen LogP) is 4.56. The Morgan fingerprint density at radius 3 is 2.55 bits per heavy atom. The lowest BCUT2D eigenvalue weighted by molar-refractivity contribution is -0.119. The number of benzene rings is 3. The maximum atomic E-state index is 13.8. The van der Waals surface area contributed by atoms with Gasteiger partial charge in [0.1, 0.15) is 5.75 Å². The number of fused-ring (bicyclic) bond motifs is 4. The SMILES string of the molecule is CCOc1ccccc1NC(=O)[C@H]1c2ccccc2C(=O)N2CCc3ccccc3[C@H]12. The van der Waals surface area contributed by atoms with Crippen molar-refractivity contribution in [3.8, 4) is 5.75 Å². The summed E-state index contributed by atoms with van der Waals surface area (Å²) >= 11 is 0. The van der Waals surface area contributed by atoms with Gasteiger partial charge in [0.25, 0.3) is 5.91 Å². The number of anilines is 1. The lowest BCUT2D eigenvalue weighted by atomic mass is 9.76. The first-order chi connectivity index (χ1) is 15.2.